The standard InChI is InChI=1S/C14H17O/c1-11-7-3-4-8-12(11)13-9-5-6-10-14(13)15-2/h5-6,9-11H,3-4,7H2,1-2H3. The molecule has 1 atom stereocenters. The summed E-state index contributed by atoms with van der Waals surface area (Å²) in [7, 11) is 1.73. The molecule has 0 aromatic heterocycles. The monoisotopic (exact) mass is 201 g/mol. The maximum Gasteiger partial charge on any atom is 0.126 e. The van der Waals surface area contributed by atoms with E-state index in [1.807, 2.05) is 12.1 Å². The first kappa shape index (κ1) is 10.3. The van der Waals surface area contributed by atoms with Crippen LogP contribution in [-0.4, -0.2) is 7.11 Å². The van der Waals surface area contributed by atoms with Gasteiger partial charge in [-0.1, -0.05) is 25.1 Å². The van der Waals surface area contributed by atoms with Crippen LogP contribution >= 0.6 is 0 Å². The Morgan fingerprint density at radius 3 is 2.87 bits per heavy atom. The number of hydrogen-bond acceptors (Lipinski definition) is 1. The van der Waals surface area contributed by atoms with E-state index in [-0.39, 0.29) is 0 Å². The van der Waals surface area contributed by atoms with Crippen molar-refractivity contribution in [3.8, 4) is 5.75 Å². The second-order valence-electron chi connectivity index (χ2n) is 4.08. The largest absolute Gasteiger partial charge is 0.496 e. The number of para-hydroxylation sites is 1. The molecule has 0 saturated carbocycles. The van der Waals surface area contributed by atoms with Gasteiger partial charge in [0.05, 0.1) is 7.11 Å². The summed E-state index contributed by atoms with van der Waals surface area (Å²) in [5.74, 6) is 1.57. The van der Waals surface area contributed by atoms with Gasteiger partial charge in [-0.25, -0.2) is 0 Å². The van der Waals surface area contributed by atoms with Crippen LogP contribution in [0.2, 0.25) is 0 Å². The number of benzene rings is 1. The number of allylic oxidation sites excluding steroid dienone is 2. The summed E-state index contributed by atoms with van der Waals surface area (Å²) in [6.07, 6.45) is 7.11. The van der Waals surface area contributed by atoms with Crippen molar-refractivity contribution in [3.05, 3.63) is 35.9 Å². The van der Waals surface area contributed by atoms with Crippen molar-refractivity contribution in [2.75, 3.05) is 7.11 Å². The third kappa shape index (κ3) is 2.06. The van der Waals surface area contributed by atoms with E-state index in [0.29, 0.717) is 5.92 Å². The molecule has 1 aliphatic carbocycles. The molecule has 1 nitrogen and oxygen atoms in total. The summed E-state index contributed by atoms with van der Waals surface area (Å²) < 4.78 is 5.39. The van der Waals surface area contributed by atoms with Crippen molar-refractivity contribution >= 4 is 5.57 Å². The molecule has 0 heterocycles. The van der Waals surface area contributed by atoms with E-state index in [4.69, 9.17) is 4.74 Å². The molecule has 0 N–H and O–H groups in total. The van der Waals surface area contributed by atoms with E-state index in [9.17, 15) is 0 Å². The minimum atomic E-state index is 0.607. The lowest BCUT2D eigenvalue weighted by molar-refractivity contribution is 0.412. The second-order valence-corrected chi connectivity index (χ2v) is 4.08. The average molecular weight is 201 g/mol. The van der Waals surface area contributed by atoms with Crippen LogP contribution < -0.4 is 4.74 Å². The lowest BCUT2D eigenvalue weighted by Gasteiger charge is -2.21. The molecule has 0 bridgehead atoms. The maximum absolute atomic E-state index is 5.39. The predicted octanol–water partition coefficient (Wildman–Crippen LogP) is 3.70. The van der Waals surface area contributed by atoms with Crippen molar-refractivity contribution in [1.82, 2.24) is 0 Å². The van der Waals surface area contributed by atoms with Crippen LogP contribution in [0, 0.1) is 12.0 Å². The molecule has 1 radical (unpaired) electrons. The van der Waals surface area contributed by atoms with Crippen LogP contribution in [0.15, 0.2) is 24.3 Å². The molecule has 79 valence electrons. The maximum atomic E-state index is 5.39. The minimum Gasteiger partial charge on any atom is -0.496 e. The van der Waals surface area contributed by atoms with Gasteiger partial charge in [-0.15, -0.1) is 0 Å². The van der Waals surface area contributed by atoms with Crippen molar-refractivity contribution in [2.24, 2.45) is 5.92 Å². The molecule has 0 saturated heterocycles. The summed E-state index contributed by atoms with van der Waals surface area (Å²) >= 11 is 0. The zero-order chi connectivity index (χ0) is 10.7. The first-order valence-electron chi connectivity index (χ1n) is 5.57. The Kier molecular flexibility index (Phi) is 3.10. The summed E-state index contributed by atoms with van der Waals surface area (Å²) in [5.41, 5.74) is 2.55. The molecule has 0 aliphatic heterocycles. The molecule has 1 heteroatoms. The summed E-state index contributed by atoms with van der Waals surface area (Å²) in [4.78, 5) is 0. The highest BCUT2D eigenvalue weighted by Crippen LogP contribution is 2.35. The van der Waals surface area contributed by atoms with E-state index in [1.165, 1.54) is 24.0 Å². The smallest absolute Gasteiger partial charge is 0.126 e. The van der Waals surface area contributed by atoms with Gasteiger partial charge in [-0.3, -0.25) is 0 Å². The summed E-state index contributed by atoms with van der Waals surface area (Å²) in [6.45, 7) is 2.27. The molecule has 1 aromatic carbocycles. The van der Waals surface area contributed by atoms with Crippen molar-refractivity contribution in [1.29, 1.82) is 0 Å². The van der Waals surface area contributed by atoms with Crippen LogP contribution in [0.4, 0.5) is 0 Å². The lowest BCUT2D eigenvalue weighted by Crippen LogP contribution is -2.05. The highest BCUT2D eigenvalue weighted by Gasteiger charge is 2.17. The van der Waals surface area contributed by atoms with Gasteiger partial charge in [0, 0.05) is 5.56 Å². The quantitative estimate of drug-likeness (QED) is 0.709. The number of ether oxygens (including phenoxy) is 1. The van der Waals surface area contributed by atoms with Gasteiger partial charge < -0.3 is 4.74 Å². The predicted molar refractivity (Wildman–Crippen MR) is 62.7 cm³/mol. The van der Waals surface area contributed by atoms with E-state index in [1.54, 1.807) is 7.11 Å². The van der Waals surface area contributed by atoms with Gasteiger partial charge in [-0.05, 0) is 42.9 Å². The van der Waals surface area contributed by atoms with Gasteiger partial charge in [0.15, 0.2) is 0 Å². The topological polar surface area (TPSA) is 9.23 Å². The first-order valence-corrected chi connectivity index (χ1v) is 5.57. The number of rotatable bonds is 2. The fourth-order valence-electron chi connectivity index (χ4n) is 2.18. The summed E-state index contributed by atoms with van der Waals surface area (Å²) in [5, 5.41) is 0. The molecule has 1 aliphatic rings. The Morgan fingerprint density at radius 2 is 2.13 bits per heavy atom. The minimum absolute atomic E-state index is 0.607. The molecule has 1 unspecified atom stereocenters. The molecule has 1 aromatic rings. The van der Waals surface area contributed by atoms with Crippen LogP contribution in [0.25, 0.3) is 5.57 Å². The Morgan fingerprint density at radius 1 is 1.33 bits per heavy atom. The van der Waals surface area contributed by atoms with Gasteiger partial charge in [0.25, 0.3) is 0 Å². The van der Waals surface area contributed by atoms with Crippen LogP contribution in [0.5, 0.6) is 5.75 Å². The zero-order valence-corrected chi connectivity index (χ0v) is 9.42. The molecule has 0 fully saturated rings. The molecule has 15 heavy (non-hydrogen) atoms. The third-order valence-corrected chi connectivity index (χ3v) is 3.02. The Balaban J connectivity index is 2.39. The van der Waals surface area contributed by atoms with E-state index in [2.05, 4.69) is 25.1 Å². The fourth-order valence-corrected chi connectivity index (χ4v) is 2.18. The van der Waals surface area contributed by atoms with Crippen LogP contribution in [-0.2, 0) is 0 Å². The Bertz CT molecular complexity index is 365. The zero-order valence-electron chi connectivity index (χ0n) is 9.42. The highest BCUT2D eigenvalue weighted by molar-refractivity contribution is 5.70. The van der Waals surface area contributed by atoms with Crippen LogP contribution in [0.1, 0.15) is 31.7 Å². The second kappa shape index (κ2) is 4.52. The van der Waals surface area contributed by atoms with Gasteiger partial charge in [-0.2, -0.15) is 0 Å². The van der Waals surface area contributed by atoms with Crippen molar-refractivity contribution in [2.45, 2.75) is 26.2 Å². The van der Waals surface area contributed by atoms with Gasteiger partial charge >= 0.3 is 0 Å². The number of hydrogen-bond donors (Lipinski definition) is 0. The van der Waals surface area contributed by atoms with E-state index >= 15 is 0 Å². The van der Waals surface area contributed by atoms with Crippen molar-refractivity contribution in [3.63, 3.8) is 0 Å². The van der Waals surface area contributed by atoms with E-state index in [0.717, 1.165) is 12.2 Å². The van der Waals surface area contributed by atoms with Crippen molar-refractivity contribution < 1.29 is 4.74 Å². The molecular formula is C14H17O. The SMILES string of the molecule is COc1ccccc1C1=[C]CCCC1C. The molecule has 0 amide bonds. The van der Waals surface area contributed by atoms with Gasteiger partial charge in [0.1, 0.15) is 5.75 Å². The Hall–Kier alpha value is -1.24. The normalized spacial score (nSPS) is 20.9. The van der Waals surface area contributed by atoms with E-state index < -0.39 is 0 Å². The molecule has 0 spiro atoms. The molecular weight excluding hydrogens is 184 g/mol. The number of methoxy groups -OCH3 is 1. The third-order valence-electron chi connectivity index (χ3n) is 3.02. The Labute approximate surface area is 91.8 Å². The lowest BCUT2D eigenvalue weighted by atomic mass is 9.85. The average Bonchev–Trinajstić information content (AvgIpc) is 2.30. The summed E-state index contributed by atoms with van der Waals surface area (Å²) in [6, 6.07) is 8.22. The first-order chi connectivity index (χ1) is 7.33. The molecule has 2 rings (SSSR count). The highest BCUT2D eigenvalue weighted by atomic mass is 16.5. The van der Waals surface area contributed by atoms with Gasteiger partial charge in [0.2, 0.25) is 0 Å². The fraction of sp³-hybridized carbons (Fsp3) is 0.429. The van der Waals surface area contributed by atoms with Crippen LogP contribution in [0.3, 0.4) is 0 Å².